The summed E-state index contributed by atoms with van der Waals surface area (Å²) in [5, 5.41) is 12.0. The Morgan fingerprint density at radius 3 is 2.94 bits per heavy atom. The first-order valence-corrected chi connectivity index (χ1v) is 6.14. The monoisotopic (exact) mass is 316 g/mol. The minimum atomic E-state index is -1.12. The largest absolute Gasteiger partial charge is 0.476 e. The normalized spacial score (nSPS) is 10.2. The molecule has 0 saturated heterocycles. The number of aromatic carboxylic acids is 1. The highest BCUT2D eigenvalue weighted by Gasteiger charge is 2.13. The molecule has 0 bridgehead atoms. The van der Waals surface area contributed by atoms with Crippen LogP contribution in [0.25, 0.3) is 0 Å². The predicted octanol–water partition coefficient (Wildman–Crippen LogP) is 3.49. The first kappa shape index (κ1) is 12.0. The summed E-state index contributed by atoms with van der Waals surface area (Å²) in [5.41, 5.74) is 1.82. The highest BCUT2D eigenvalue weighted by molar-refractivity contribution is 9.10. The summed E-state index contributed by atoms with van der Waals surface area (Å²) < 4.78 is 13.6. The molecule has 88 valence electrons. The van der Waals surface area contributed by atoms with Crippen molar-refractivity contribution in [3.8, 4) is 0 Å². The van der Waals surface area contributed by atoms with Gasteiger partial charge in [0.05, 0.1) is 9.98 Å². The van der Waals surface area contributed by atoms with E-state index < -0.39 is 11.8 Å². The van der Waals surface area contributed by atoms with Crippen LogP contribution >= 0.6 is 27.3 Å². The fourth-order valence-electron chi connectivity index (χ4n) is 1.19. The van der Waals surface area contributed by atoms with Gasteiger partial charge < -0.3 is 10.4 Å². The van der Waals surface area contributed by atoms with Crippen LogP contribution in [-0.4, -0.2) is 16.1 Å². The van der Waals surface area contributed by atoms with Gasteiger partial charge in [0.15, 0.2) is 5.69 Å². The minimum absolute atomic E-state index is 0.0710. The van der Waals surface area contributed by atoms with Crippen LogP contribution in [0.3, 0.4) is 0 Å². The van der Waals surface area contributed by atoms with Gasteiger partial charge in [-0.1, -0.05) is 0 Å². The number of nitrogens with one attached hydrogen (secondary N) is 1. The second kappa shape index (κ2) is 4.80. The van der Waals surface area contributed by atoms with Crippen molar-refractivity contribution in [3.05, 3.63) is 39.7 Å². The van der Waals surface area contributed by atoms with E-state index in [2.05, 4.69) is 26.2 Å². The van der Waals surface area contributed by atoms with E-state index in [1.807, 2.05) is 0 Å². The number of benzene rings is 1. The van der Waals surface area contributed by atoms with Crippen molar-refractivity contribution in [1.29, 1.82) is 0 Å². The number of aromatic nitrogens is 1. The number of rotatable bonds is 3. The van der Waals surface area contributed by atoms with Gasteiger partial charge in [0, 0.05) is 5.69 Å². The number of hydrogen-bond acceptors (Lipinski definition) is 4. The number of anilines is 2. The van der Waals surface area contributed by atoms with E-state index in [0.29, 0.717) is 15.2 Å². The van der Waals surface area contributed by atoms with Gasteiger partial charge in [0.25, 0.3) is 0 Å². The van der Waals surface area contributed by atoms with Crippen LogP contribution < -0.4 is 5.32 Å². The maximum atomic E-state index is 13.3. The van der Waals surface area contributed by atoms with Crippen molar-refractivity contribution >= 4 is 43.9 Å². The van der Waals surface area contributed by atoms with E-state index in [0.717, 1.165) is 11.3 Å². The smallest absolute Gasteiger partial charge is 0.357 e. The van der Waals surface area contributed by atoms with Crippen LogP contribution in [0.4, 0.5) is 15.1 Å². The topological polar surface area (TPSA) is 62.2 Å². The lowest BCUT2D eigenvalue weighted by molar-refractivity contribution is 0.0692. The number of halogens is 2. The molecule has 0 unspecified atom stereocenters. The number of carboxylic acids is 1. The zero-order valence-electron chi connectivity index (χ0n) is 8.28. The molecule has 0 fully saturated rings. The molecule has 2 N–H and O–H groups in total. The van der Waals surface area contributed by atoms with E-state index in [9.17, 15) is 9.18 Å². The second-order valence-corrected chi connectivity index (χ2v) is 4.80. The molecule has 4 nitrogen and oxygen atoms in total. The maximum absolute atomic E-state index is 13.3. The van der Waals surface area contributed by atoms with Gasteiger partial charge in [0.1, 0.15) is 10.8 Å². The molecule has 0 radical (unpaired) electrons. The van der Waals surface area contributed by atoms with Crippen molar-refractivity contribution in [1.82, 2.24) is 4.98 Å². The molecule has 2 rings (SSSR count). The van der Waals surface area contributed by atoms with Gasteiger partial charge in [-0.15, -0.1) is 11.3 Å². The van der Waals surface area contributed by atoms with Crippen molar-refractivity contribution < 1.29 is 14.3 Å². The van der Waals surface area contributed by atoms with Crippen molar-refractivity contribution in [2.24, 2.45) is 0 Å². The maximum Gasteiger partial charge on any atom is 0.357 e. The predicted molar refractivity (Wildman–Crippen MR) is 66.5 cm³/mol. The fourth-order valence-corrected chi connectivity index (χ4v) is 2.13. The van der Waals surface area contributed by atoms with E-state index >= 15 is 0 Å². The average molecular weight is 317 g/mol. The SMILES string of the molecule is O=C(O)c1ncsc1Nc1ccc(Br)c(F)c1. The quantitative estimate of drug-likeness (QED) is 0.910. The third-order valence-corrected chi connectivity index (χ3v) is 3.33. The highest BCUT2D eigenvalue weighted by Crippen LogP contribution is 2.27. The molecule has 1 aromatic heterocycles. The molecule has 7 heteroatoms. The lowest BCUT2D eigenvalue weighted by Gasteiger charge is -2.05. The number of carbonyl (C=O) groups is 1. The minimum Gasteiger partial charge on any atom is -0.476 e. The number of carboxylic acid groups (broad SMARTS) is 1. The molecular formula is C10H6BrFN2O2S. The molecule has 0 saturated carbocycles. The Labute approximate surface area is 108 Å². The van der Waals surface area contributed by atoms with Gasteiger partial charge in [0.2, 0.25) is 0 Å². The van der Waals surface area contributed by atoms with Crippen LogP contribution in [0.5, 0.6) is 0 Å². The highest BCUT2D eigenvalue weighted by atomic mass is 79.9. The first-order valence-electron chi connectivity index (χ1n) is 4.47. The lowest BCUT2D eigenvalue weighted by Crippen LogP contribution is -2.01. The number of nitrogens with zero attached hydrogens (tertiary/aromatic N) is 1. The fraction of sp³-hybridized carbons (Fsp3) is 0. The molecule has 0 aliphatic rings. The zero-order valence-corrected chi connectivity index (χ0v) is 10.7. The van der Waals surface area contributed by atoms with Gasteiger partial charge in [-0.05, 0) is 34.1 Å². The van der Waals surface area contributed by atoms with Crippen LogP contribution in [-0.2, 0) is 0 Å². The summed E-state index contributed by atoms with van der Waals surface area (Å²) in [6.45, 7) is 0. The summed E-state index contributed by atoms with van der Waals surface area (Å²) >= 11 is 4.18. The summed E-state index contributed by atoms with van der Waals surface area (Å²) in [7, 11) is 0. The van der Waals surface area contributed by atoms with E-state index in [4.69, 9.17) is 5.11 Å². The molecule has 0 aliphatic heterocycles. The molecule has 2 aromatic rings. The van der Waals surface area contributed by atoms with Gasteiger partial charge in [-0.3, -0.25) is 0 Å². The van der Waals surface area contributed by atoms with Gasteiger partial charge in [-0.25, -0.2) is 14.2 Å². The molecule has 17 heavy (non-hydrogen) atoms. The van der Waals surface area contributed by atoms with Crippen LogP contribution in [0.2, 0.25) is 0 Å². The Kier molecular flexibility index (Phi) is 3.39. The molecule has 0 atom stereocenters. The molecule has 1 heterocycles. The Balaban J connectivity index is 2.28. The van der Waals surface area contributed by atoms with E-state index in [1.165, 1.54) is 11.6 Å². The van der Waals surface area contributed by atoms with Gasteiger partial charge in [-0.2, -0.15) is 0 Å². The van der Waals surface area contributed by atoms with Gasteiger partial charge >= 0.3 is 5.97 Å². The Morgan fingerprint density at radius 2 is 2.29 bits per heavy atom. The van der Waals surface area contributed by atoms with Crippen LogP contribution in [0, 0.1) is 5.82 Å². The summed E-state index contributed by atoms with van der Waals surface area (Å²) in [5.74, 6) is -1.54. The van der Waals surface area contributed by atoms with Crippen LogP contribution in [0.15, 0.2) is 28.2 Å². The standard InChI is InChI=1S/C10H6BrFN2O2S/c11-6-2-1-5(3-7(6)12)14-9-8(10(15)16)13-4-17-9/h1-4,14H,(H,15,16). The second-order valence-electron chi connectivity index (χ2n) is 3.09. The molecule has 1 aromatic carbocycles. The van der Waals surface area contributed by atoms with Crippen LogP contribution in [0.1, 0.15) is 10.5 Å². The zero-order chi connectivity index (χ0) is 12.4. The number of thiazole rings is 1. The Morgan fingerprint density at radius 1 is 1.53 bits per heavy atom. The number of hydrogen-bond donors (Lipinski definition) is 2. The summed E-state index contributed by atoms with van der Waals surface area (Å²) in [6, 6.07) is 4.45. The molecule has 0 aliphatic carbocycles. The average Bonchev–Trinajstić information content (AvgIpc) is 2.72. The third kappa shape index (κ3) is 2.62. The summed E-state index contributed by atoms with van der Waals surface area (Å²) in [6.07, 6.45) is 0. The first-order chi connectivity index (χ1) is 8.08. The summed E-state index contributed by atoms with van der Waals surface area (Å²) in [4.78, 5) is 14.5. The van der Waals surface area contributed by atoms with E-state index in [1.54, 1.807) is 12.1 Å². The van der Waals surface area contributed by atoms with E-state index in [-0.39, 0.29) is 5.69 Å². The lowest BCUT2D eigenvalue weighted by atomic mass is 10.3. The Hall–Kier alpha value is -1.47. The molecular weight excluding hydrogens is 311 g/mol. The molecule has 0 spiro atoms. The van der Waals surface area contributed by atoms with Crippen molar-refractivity contribution in [3.63, 3.8) is 0 Å². The van der Waals surface area contributed by atoms with Crippen molar-refractivity contribution in [2.45, 2.75) is 0 Å². The molecule has 0 amide bonds. The third-order valence-electron chi connectivity index (χ3n) is 1.95. The van der Waals surface area contributed by atoms with Crippen molar-refractivity contribution in [2.75, 3.05) is 5.32 Å². The Bertz CT molecular complexity index is 573.